The summed E-state index contributed by atoms with van der Waals surface area (Å²) in [7, 11) is 0. The molecule has 0 spiro atoms. The van der Waals surface area contributed by atoms with E-state index in [2.05, 4.69) is 0 Å². The molecule has 0 aliphatic rings. The van der Waals surface area contributed by atoms with Gasteiger partial charge in [-0.1, -0.05) is 30.7 Å². The Bertz CT molecular complexity index is 342. The zero-order valence-electron chi connectivity index (χ0n) is 10.2. The molecule has 0 saturated carbocycles. The molecule has 1 aromatic carbocycles. The summed E-state index contributed by atoms with van der Waals surface area (Å²) >= 11 is 7.78. The SMILES string of the molecule is CCC(O)(CN)CCCSc1ccccc1Cl. The number of hydrogen-bond donors (Lipinski definition) is 2. The molecule has 0 bridgehead atoms. The molecule has 0 aromatic heterocycles. The summed E-state index contributed by atoms with van der Waals surface area (Å²) < 4.78 is 0. The maximum Gasteiger partial charge on any atom is 0.0767 e. The highest BCUT2D eigenvalue weighted by molar-refractivity contribution is 7.99. The van der Waals surface area contributed by atoms with Crippen molar-refractivity contribution in [3.8, 4) is 0 Å². The van der Waals surface area contributed by atoms with Gasteiger partial charge in [0.25, 0.3) is 0 Å². The Morgan fingerprint density at radius 3 is 2.71 bits per heavy atom. The van der Waals surface area contributed by atoms with Gasteiger partial charge in [-0.05, 0) is 37.1 Å². The Hall–Kier alpha value is -0.220. The van der Waals surface area contributed by atoms with Crippen LogP contribution in [-0.4, -0.2) is 23.0 Å². The van der Waals surface area contributed by atoms with Gasteiger partial charge in [-0.25, -0.2) is 0 Å². The van der Waals surface area contributed by atoms with Gasteiger partial charge in [0.15, 0.2) is 0 Å². The predicted molar refractivity (Wildman–Crippen MR) is 75.7 cm³/mol. The van der Waals surface area contributed by atoms with Gasteiger partial charge in [0, 0.05) is 11.4 Å². The first-order valence-electron chi connectivity index (χ1n) is 5.91. The van der Waals surface area contributed by atoms with Crippen LogP contribution in [0, 0.1) is 0 Å². The fourth-order valence-corrected chi connectivity index (χ4v) is 2.76. The van der Waals surface area contributed by atoms with Gasteiger partial charge in [0.1, 0.15) is 0 Å². The highest BCUT2D eigenvalue weighted by Gasteiger charge is 2.21. The van der Waals surface area contributed by atoms with Crippen LogP contribution in [0.4, 0.5) is 0 Å². The molecule has 3 N–H and O–H groups in total. The highest BCUT2D eigenvalue weighted by Crippen LogP contribution is 2.28. The third kappa shape index (κ3) is 4.88. The molecule has 0 saturated heterocycles. The van der Waals surface area contributed by atoms with E-state index in [1.165, 1.54) is 0 Å². The van der Waals surface area contributed by atoms with E-state index in [-0.39, 0.29) is 0 Å². The topological polar surface area (TPSA) is 46.2 Å². The van der Waals surface area contributed by atoms with Gasteiger partial charge in [-0.15, -0.1) is 11.8 Å². The van der Waals surface area contributed by atoms with E-state index in [1.807, 2.05) is 31.2 Å². The molecule has 1 rings (SSSR count). The normalized spacial score (nSPS) is 14.6. The van der Waals surface area contributed by atoms with E-state index < -0.39 is 5.60 Å². The van der Waals surface area contributed by atoms with Crippen molar-refractivity contribution in [3.63, 3.8) is 0 Å². The van der Waals surface area contributed by atoms with E-state index in [9.17, 15) is 5.11 Å². The minimum atomic E-state index is -0.693. The summed E-state index contributed by atoms with van der Waals surface area (Å²) in [6, 6.07) is 7.82. The number of halogens is 1. The van der Waals surface area contributed by atoms with Crippen molar-refractivity contribution in [1.82, 2.24) is 0 Å². The number of benzene rings is 1. The van der Waals surface area contributed by atoms with Crippen molar-refractivity contribution in [1.29, 1.82) is 0 Å². The average molecular weight is 274 g/mol. The van der Waals surface area contributed by atoms with Crippen LogP contribution >= 0.6 is 23.4 Å². The van der Waals surface area contributed by atoms with E-state index >= 15 is 0 Å². The van der Waals surface area contributed by atoms with Crippen LogP contribution in [0.5, 0.6) is 0 Å². The quantitative estimate of drug-likeness (QED) is 0.592. The molecule has 0 aliphatic carbocycles. The Labute approximate surface area is 113 Å². The number of nitrogens with two attached hydrogens (primary N) is 1. The second-order valence-corrected chi connectivity index (χ2v) is 5.71. The molecule has 2 nitrogen and oxygen atoms in total. The molecular formula is C13H20ClNOS. The summed E-state index contributed by atoms with van der Waals surface area (Å²) in [4.78, 5) is 1.10. The van der Waals surface area contributed by atoms with Crippen LogP contribution in [0.3, 0.4) is 0 Å². The third-order valence-electron chi connectivity index (χ3n) is 2.92. The second-order valence-electron chi connectivity index (χ2n) is 4.16. The van der Waals surface area contributed by atoms with Crippen molar-refractivity contribution in [3.05, 3.63) is 29.3 Å². The Morgan fingerprint density at radius 1 is 1.41 bits per heavy atom. The fraction of sp³-hybridized carbons (Fsp3) is 0.538. The van der Waals surface area contributed by atoms with Crippen molar-refractivity contribution in [2.24, 2.45) is 5.73 Å². The molecule has 1 unspecified atom stereocenters. The largest absolute Gasteiger partial charge is 0.389 e. The average Bonchev–Trinajstić information content (AvgIpc) is 2.36. The highest BCUT2D eigenvalue weighted by atomic mass is 35.5. The van der Waals surface area contributed by atoms with Gasteiger partial charge >= 0.3 is 0 Å². The zero-order chi connectivity index (χ0) is 12.7. The molecule has 1 aromatic rings. The molecule has 0 radical (unpaired) electrons. The summed E-state index contributed by atoms with van der Waals surface area (Å²) in [5.74, 6) is 0.950. The minimum absolute atomic E-state index is 0.334. The first-order chi connectivity index (χ1) is 8.11. The number of rotatable bonds is 7. The molecule has 4 heteroatoms. The summed E-state index contributed by atoms with van der Waals surface area (Å²) in [5, 5.41) is 10.8. The van der Waals surface area contributed by atoms with Crippen LogP contribution in [0.1, 0.15) is 26.2 Å². The molecule has 0 fully saturated rings. The lowest BCUT2D eigenvalue weighted by Crippen LogP contribution is -2.36. The zero-order valence-corrected chi connectivity index (χ0v) is 11.7. The maximum absolute atomic E-state index is 10.0. The van der Waals surface area contributed by atoms with E-state index in [1.54, 1.807) is 11.8 Å². The van der Waals surface area contributed by atoms with Crippen LogP contribution in [0.2, 0.25) is 5.02 Å². The van der Waals surface area contributed by atoms with Crippen LogP contribution in [0.15, 0.2) is 29.2 Å². The summed E-state index contributed by atoms with van der Waals surface area (Å²) in [5.41, 5.74) is 4.86. The summed E-state index contributed by atoms with van der Waals surface area (Å²) in [6.07, 6.45) is 2.40. The van der Waals surface area contributed by atoms with Crippen molar-refractivity contribution in [2.75, 3.05) is 12.3 Å². The molecule has 96 valence electrons. The van der Waals surface area contributed by atoms with Gasteiger partial charge in [0.05, 0.1) is 10.6 Å². The maximum atomic E-state index is 10.0. The fourth-order valence-electron chi connectivity index (χ4n) is 1.57. The standard InChI is InChI=1S/C13H20ClNOS/c1-2-13(16,10-15)8-5-9-17-12-7-4-3-6-11(12)14/h3-4,6-7,16H,2,5,8-10,15H2,1H3. The van der Waals surface area contributed by atoms with Crippen LogP contribution < -0.4 is 5.73 Å². The second kappa shape index (κ2) is 7.27. The van der Waals surface area contributed by atoms with Gasteiger partial charge in [-0.2, -0.15) is 0 Å². The van der Waals surface area contributed by atoms with Crippen LogP contribution in [-0.2, 0) is 0 Å². The molecule has 1 atom stereocenters. The van der Waals surface area contributed by atoms with Crippen molar-refractivity contribution in [2.45, 2.75) is 36.7 Å². The lowest BCUT2D eigenvalue weighted by atomic mass is 9.95. The van der Waals surface area contributed by atoms with Crippen molar-refractivity contribution < 1.29 is 5.11 Å². The number of thioether (sulfide) groups is 1. The monoisotopic (exact) mass is 273 g/mol. The lowest BCUT2D eigenvalue weighted by Gasteiger charge is -2.24. The van der Waals surface area contributed by atoms with Gasteiger partial charge in [-0.3, -0.25) is 0 Å². The van der Waals surface area contributed by atoms with Gasteiger partial charge < -0.3 is 10.8 Å². The van der Waals surface area contributed by atoms with Crippen molar-refractivity contribution >= 4 is 23.4 Å². The van der Waals surface area contributed by atoms with Gasteiger partial charge in [0.2, 0.25) is 0 Å². The van der Waals surface area contributed by atoms with Crippen LogP contribution in [0.25, 0.3) is 0 Å². The Morgan fingerprint density at radius 2 is 2.12 bits per heavy atom. The predicted octanol–water partition coefficient (Wildman–Crippen LogP) is 3.31. The van der Waals surface area contributed by atoms with E-state index in [0.717, 1.165) is 28.5 Å². The number of hydrogen-bond acceptors (Lipinski definition) is 3. The first kappa shape index (κ1) is 14.8. The first-order valence-corrected chi connectivity index (χ1v) is 7.27. The lowest BCUT2D eigenvalue weighted by molar-refractivity contribution is 0.0360. The summed E-state index contributed by atoms with van der Waals surface area (Å²) in [6.45, 7) is 2.30. The Kier molecular flexibility index (Phi) is 6.34. The third-order valence-corrected chi connectivity index (χ3v) is 4.52. The molecule has 17 heavy (non-hydrogen) atoms. The Balaban J connectivity index is 2.32. The van der Waals surface area contributed by atoms with E-state index in [4.69, 9.17) is 17.3 Å². The smallest absolute Gasteiger partial charge is 0.0767 e. The molecular weight excluding hydrogens is 254 g/mol. The molecule has 0 heterocycles. The van der Waals surface area contributed by atoms with E-state index in [0.29, 0.717) is 13.0 Å². The molecule has 0 amide bonds. The number of aliphatic hydroxyl groups is 1. The molecule has 0 aliphatic heterocycles. The minimum Gasteiger partial charge on any atom is -0.389 e.